The van der Waals surface area contributed by atoms with E-state index in [4.69, 9.17) is 14.0 Å². The molecule has 0 bridgehead atoms. The average molecular weight is 818 g/mol. The van der Waals surface area contributed by atoms with Crippen LogP contribution >= 0.6 is 11.3 Å². The molecule has 8 rings (SSSR count). The van der Waals surface area contributed by atoms with Crippen LogP contribution in [0.4, 0.5) is 5.82 Å². The summed E-state index contributed by atoms with van der Waals surface area (Å²) in [4.78, 5) is 42.5. The summed E-state index contributed by atoms with van der Waals surface area (Å²) >= 11 is 1.61. The molecule has 1 saturated carbocycles. The van der Waals surface area contributed by atoms with Gasteiger partial charge < -0.3 is 39.1 Å². The molecule has 13 nitrogen and oxygen atoms in total. The van der Waals surface area contributed by atoms with E-state index in [9.17, 15) is 14.7 Å². The molecule has 2 N–H and O–H groups in total. The van der Waals surface area contributed by atoms with Gasteiger partial charge in [-0.1, -0.05) is 43.3 Å². The number of carbonyl (C=O) groups is 2. The summed E-state index contributed by atoms with van der Waals surface area (Å²) in [6.07, 6.45) is 6.71. The Morgan fingerprint density at radius 1 is 0.966 bits per heavy atom. The van der Waals surface area contributed by atoms with Crippen LogP contribution in [0.3, 0.4) is 0 Å². The van der Waals surface area contributed by atoms with E-state index in [2.05, 4.69) is 30.2 Å². The third-order valence-electron chi connectivity index (χ3n) is 13.4. The number of aryl methyl sites for hydroxylation is 1. The summed E-state index contributed by atoms with van der Waals surface area (Å²) < 4.78 is 18.1. The van der Waals surface area contributed by atoms with Crippen molar-refractivity contribution in [2.75, 3.05) is 70.5 Å². The number of ether oxygens (including phenoxy) is 2. The fraction of sp³-hybridized carbons (Fsp3) is 0.682. The number of carbonyl (C=O) groups excluding carboxylic acids is 2. The second-order valence-electron chi connectivity index (χ2n) is 17.8. The number of nitrogens with zero attached hydrogens (tertiary/aromatic N) is 6. The molecule has 14 heteroatoms. The number of aliphatic hydroxyl groups excluding tert-OH is 1. The molecular weight excluding hydrogens is 755 g/mol. The van der Waals surface area contributed by atoms with E-state index in [0.29, 0.717) is 11.9 Å². The number of morpholine rings is 1. The lowest BCUT2D eigenvalue weighted by molar-refractivity contribution is -0.141. The first kappa shape index (κ1) is 41.3. The van der Waals surface area contributed by atoms with Gasteiger partial charge in [-0.3, -0.25) is 14.5 Å². The summed E-state index contributed by atoms with van der Waals surface area (Å²) in [5.41, 5.74) is 4.88. The number of anilines is 1. The minimum Gasteiger partial charge on any atom is -0.391 e. The Kier molecular flexibility index (Phi) is 13.2. The van der Waals surface area contributed by atoms with Crippen LogP contribution in [0, 0.1) is 18.8 Å². The zero-order chi connectivity index (χ0) is 40.3. The van der Waals surface area contributed by atoms with Gasteiger partial charge in [0.05, 0.1) is 53.6 Å². The first-order valence-corrected chi connectivity index (χ1v) is 22.7. The van der Waals surface area contributed by atoms with Gasteiger partial charge in [0.2, 0.25) is 11.8 Å². The molecule has 6 heterocycles. The summed E-state index contributed by atoms with van der Waals surface area (Å²) in [6, 6.07) is 9.72. The molecular formula is C44H63N7O6S. The van der Waals surface area contributed by atoms with Crippen molar-refractivity contribution in [3.8, 4) is 10.4 Å². The highest BCUT2D eigenvalue weighted by molar-refractivity contribution is 7.13. The fourth-order valence-electron chi connectivity index (χ4n) is 9.87. The average Bonchev–Trinajstić information content (AvgIpc) is 3.97. The van der Waals surface area contributed by atoms with Crippen molar-refractivity contribution in [2.45, 2.75) is 115 Å². The zero-order valence-electron chi connectivity index (χ0n) is 34.8. The van der Waals surface area contributed by atoms with Gasteiger partial charge in [0, 0.05) is 70.9 Å². The van der Waals surface area contributed by atoms with Gasteiger partial charge in [-0.15, -0.1) is 11.3 Å². The molecule has 1 aliphatic carbocycles. The molecule has 4 saturated heterocycles. The van der Waals surface area contributed by atoms with Crippen molar-refractivity contribution < 1.29 is 28.7 Å². The van der Waals surface area contributed by atoms with Gasteiger partial charge in [-0.2, -0.15) is 0 Å². The Morgan fingerprint density at radius 2 is 1.66 bits per heavy atom. The first-order chi connectivity index (χ1) is 28.1. The normalized spacial score (nSPS) is 26.5. The molecule has 4 aliphatic heterocycles. The maximum Gasteiger partial charge on any atom is 0.243 e. The van der Waals surface area contributed by atoms with Gasteiger partial charge in [0.15, 0.2) is 11.6 Å². The summed E-state index contributed by atoms with van der Waals surface area (Å²) in [5.74, 6) is 0.805. The van der Waals surface area contributed by atoms with Gasteiger partial charge in [-0.25, -0.2) is 4.98 Å². The standard InChI is InChI=1S/C44H63N7O6S/c1-28(2)41(44(54)51-26-35(52)23-38(51)43(53)46-29(3)32-5-7-33(8-6-32)42-30(4)45-27-58-42)39-24-40(47-57-39)50-15-11-37(12-16-50)56-36-9-13-48(14-10-36)25-31-21-34(22-31)49-17-19-55-20-18-49/h5-8,24,27-29,31,34-38,41,52H,9-23,25-26H2,1-4H3,(H,46,53)/t29-,31?,34?,35+,38-,41+/m0/s1. The minimum absolute atomic E-state index is 0.0985. The number of hydrogen-bond donors (Lipinski definition) is 2. The fourth-order valence-corrected chi connectivity index (χ4v) is 10.7. The predicted octanol–water partition coefficient (Wildman–Crippen LogP) is 5.25. The van der Waals surface area contributed by atoms with Crippen LogP contribution < -0.4 is 10.2 Å². The van der Waals surface area contributed by atoms with Gasteiger partial charge in [-0.05, 0) is 75.3 Å². The SMILES string of the molecule is Cc1ncsc1-c1ccc([C@H](C)NC(=O)[C@@H]2C[C@@H](O)CN2C(=O)[C@@H](c2cc(N3CCC(OC4CCN(CC5CC(N6CCOCC6)C5)CC4)CC3)no2)C(C)C)cc1. The molecule has 316 valence electrons. The maximum atomic E-state index is 14.3. The van der Waals surface area contributed by atoms with E-state index in [1.807, 2.05) is 63.5 Å². The van der Waals surface area contributed by atoms with Crippen molar-refractivity contribution in [3.63, 3.8) is 0 Å². The number of likely N-dealkylation sites (tertiary alicyclic amines) is 2. The maximum absolute atomic E-state index is 14.3. The molecule has 3 aromatic rings. The topological polar surface area (TPSA) is 137 Å². The largest absolute Gasteiger partial charge is 0.391 e. The number of β-amino-alcohol motifs (C(OH)–C–C–N with tert-alkyl or cyclic N) is 1. The summed E-state index contributed by atoms with van der Waals surface area (Å²) in [7, 11) is 0. The molecule has 5 aliphatic rings. The zero-order valence-corrected chi connectivity index (χ0v) is 35.6. The highest BCUT2D eigenvalue weighted by Gasteiger charge is 2.44. The van der Waals surface area contributed by atoms with Gasteiger partial charge >= 0.3 is 0 Å². The third-order valence-corrected chi connectivity index (χ3v) is 14.3. The van der Waals surface area contributed by atoms with E-state index in [1.165, 1.54) is 24.3 Å². The Balaban J connectivity index is 0.797. The molecule has 2 amide bonds. The summed E-state index contributed by atoms with van der Waals surface area (Å²) in [6.45, 7) is 17.1. The van der Waals surface area contributed by atoms with Crippen LogP contribution in [-0.2, 0) is 19.1 Å². The number of rotatable bonds is 13. The Morgan fingerprint density at radius 3 is 2.31 bits per heavy atom. The quantitative estimate of drug-likeness (QED) is 0.234. The van der Waals surface area contributed by atoms with Crippen LogP contribution in [0.25, 0.3) is 10.4 Å². The van der Waals surface area contributed by atoms with Crippen molar-refractivity contribution in [2.24, 2.45) is 11.8 Å². The number of piperidine rings is 2. The van der Waals surface area contributed by atoms with Crippen LogP contribution in [0.2, 0.25) is 0 Å². The van der Waals surface area contributed by atoms with E-state index < -0.39 is 18.1 Å². The lowest BCUT2D eigenvalue weighted by Crippen LogP contribution is -2.52. The smallest absolute Gasteiger partial charge is 0.243 e. The number of hydrogen-bond acceptors (Lipinski definition) is 12. The van der Waals surface area contributed by atoms with Crippen molar-refractivity contribution >= 4 is 29.0 Å². The van der Waals surface area contributed by atoms with Crippen molar-refractivity contribution in [1.29, 1.82) is 0 Å². The predicted molar refractivity (Wildman–Crippen MR) is 224 cm³/mol. The van der Waals surface area contributed by atoms with Crippen LogP contribution in [0.15, 0.2) is 40.4 Å². The van der Waals surface area contributed by atoms with E-state index in [-0.39, 0.29) is 42.8 Å². The molecule has 5 fully saturated rings. The highest BCUT2D eigenvalue weighted by atomic mass is 32.1. The van der Waals surface area contributed by atoms with Gasteiger partial charge in [0.1, 0.15) is 12.0 Å². The van der Waals surface area contributed by atoms with Crippen LogP contribution in [0.1, 0.15) is 94.7 Å². The van der Waals surface area contributed by atoms with Gasteiger partial charge in [0.25, 0.3) is 0 Å². The number of aromatic nitrogens is 2. The van der Waals surface area contributed by atoms with E-state index in [1.54, 1.807) is 11.3 Å². The Labute approximate surface area is 347 Å². The number of amides is 2. The van der Waals surface area contributed by atoms with E-state index in [0.717, 1.165) is 118 Å². The number of benzene rings is 1. The molecule has 0 spiro atoms. The first-order valence-electron chi connectivity index (χ1n) is 21.8. The number of nitrogens with one attached hydrogen (secondary N) is 1. The van der Waals surface area contributed by atoms with E-state index >= 15 is 0 Å². The number of thiazole rings is 1. The third kappa shape index (κ3) is 9.47. The van der Waals surface area contributed by atoms with Crippen LogP contribution in [-0.4, -0.2) is 138 Å². The monoisotopic (exact) mass is 817 g/mol. The molecule has 58 heavy (non-hydrogen) atoms. The molecule has 4 atom stereocenters. The second-order valence-corrected chi connectivity index (χ2v) is 18.6. The highest BCUT2D eigenvalue weighted by Crippen LogP contribution is 2.36. The lowest BCUT2D eigenvalue weighted by atomic mass is 9.78. The molecule has 0 radical (unpaired) electrons. The van der Waals surface area contributed by atoms with Crippen LogP contribution in [0.5, 0.6) is 0 Å². The summed E-state index contributed by atoms with van der Waals surface area (Å²) in [5, 5.41) is 18.3. The lowest BCUT2D eigenvalue weighted by Gasteiger charge is -2.46. The molecule has 0 unspecified atom stereocenters. The molecule has 1 aromatic carbocycles. The molecule has 2 aromatic heterocycles. The second kappa shape index (κ2) is 18.5. The Bertz CT molecular complexity index is 1810. The minimum atomic E-state index is -0.785. The number of aliphatic hydroxyl groups is 1. The van der Waals surface area contributed by atoms with Crippen molar-refractivity contribution in [1.82, 2.24) is 30.2 Å². The Hall–Kier alpha value is -3.40. The van der Waals surface area contributed by atoms with Crippen molar-refractivity contribution in [3.05, 3.63) is 52.9 Å².